The highest BCUT2D eigenvalue weighted by Crippen LogP contribution is 2.30. The summed E-state index contributed by atoms with van der Waals surface area (Å²) in [5.41, 5.74) is 2.18. The van der Waals surface area contributed by atoms with Crippen LogP contribution in [0.5, 0.6) is 11.6 Å². The topological polar surface area (TPSA) is 133 Å². The molecule has 0 radical (unpaired) electrons. The number of nitrogens with one attached hydrogen (secondary N) is 3. The minimum absolute atomic E-state index is 0.213. The summed E-state index contributed by atoms with van der Waals surface area (Å²) in [6, 6.07) is 13.6. The van der Waals surface area contributed by atoms with E-state index in [-0.39, 0.29) is 17.6 Å². The number of benzene rings is 2. The highest BCUT2D eigenvalue weighted by atomic mass is 32.2. The van der Waals surface area contributed by atoms with Gasteiger partial charge in [0.2, 0.25) is 21.9 Å². The minimum Gasteiger partial charge on any atom is -0.438 e. The molecule has 1 aliphatic heterocycles. The molecule has 0 saturated carbocycles. The fraction of sp³-hybridized carbons (Fsp3) is 0.222. The van der Waals surface area contributed by atoms with E-state index < -0.39 is 15.9 Å². The monoisotopic (exact) mass is 565 g/mol. The second-order valence-electron chi connectivity index (χ2n) is 9.42. The van der Waals surface area contributed by atoms with Gasteiger partial charge in [0.1, 0.15) is 17.2 Å². The Balaban J connectivity index is 1.34. The number of piperazine rings is 1. The molecule has 1 amide bonds. The summed E-state index contributed by atoms with van der Waals surface area (Å²) in [4.78, 5) is 28.1. The Morgan fingerprint density at radius 2 is 1.90 bits per heavy atom. The van der Waals surface area contributed by atoms with Gasteiger partial charge < -0.3 is 24.8 Å². The quantitative estimate of drug-likeness (QED) is 0.275. The first-order chi connectivity index (χ1) is 19.1. The molecule has 1 fully saturated rings. The average molecular weight is 566 g/mol. The summed E-state index contributed by atoms with van der Waals surface area (Å²) in [6.07, 6.45) is 5.19. The number of likely N-dealkylation sites (N-methyl/N-ethyl adjacent to an activating group) is 1. The standard InChI is InChI=1S/C27H28FN7O4S/c1-34-12-14-35(15-13-34)23-8-7-19(17-22(23)28)30-27-31-25-21(10-11-29-25)26(32-27)39-20-5-3-4-18(16-20)6-9-24(36)33-40(2,37)38/h3-11,16-17H,12-15H2,1-2H3,(H,33,36)(H2,29,30,31,32). The molecule has 0 atom stereocenters. The summed E-state index contributed by atoms with van der Waals surface area (Å²) in [5.74, 6) is -0.186. The smallest absolute Gasteiger partial charge is 0.257 e. The predicted molar refractivity (Wildman–Crippen MR) is 152 cm³/mol. The molecule has 1 aliphatic rings. The number of sulfonamides is 1. The van der Waals surface area contributed by atoms with Crippen LogP contribution in [0.2, 0.25) is 0 Å². The van der Waals surface area contributed by atoms with Gasteiger partial charge in [0, 0.05) is 44.1 Å². The number of ether oxygens (including phenoxy) is 1. The van der Waals surface area contributed by atoms with Crippen molar-refractivity contribution in [1.29, 1.82) is 0 Å². The number of fused-ring (bicyclic) bond motifs is 1. The van der Waals surface area contributed by atoms with Crippen LogP contribution in [0, 0.1) is 5.82 Å². The first kappa shape index (κ1) is 27.1. The molecule has 3 N–H and O–H groups in total. The first-order valence-electron chi connectivity index (χ1n) is 12.5. The van der Waals surface area contributed by atoms with E-state index in [9.17, 15) is 13.2 Å². The molecule has 0 spiro atoms. The van der Waals surface area contributed by atoms with Crippen LogP contribution >= 0.6 is 0 Å². The Kier molecular flexibility index (Phi) is 7.67. The van der Waals surface area contributed by atoms with Gasteiger partial charge >= 0.3 is 0 Å². The number of halogens is 1. The Bertz CT molecular complexity index is 1680. The maximum Gasteiger partial charge on any atom is 0.257 e. The number of carbonyl (C=O) groups is 1. The van der Waals surface area contributed by atoms with Crippen LogP contribution < -0.4 is 19.7 Å². The Hall–Kier alpha value is -4.49. The molecule has 13 heteroatoms. The molecule has 0 bridgehead atoms. The number of H-pyrrole nitrogens is 1. The van der Waals surface area contributed by atoms with Crippen molar-refractivity contribution < 1.29 is 22.3 Å². The average Bonchev–Trinajstić information content (AvgIpc) is 3.37. The molecular formula is C27H28FN7O4S. The summed E-state index contributed by atoms with van der Waals surface area (Å²) >= 11 is 0. The van der Waals surface area contributed by atoms with Crippen LogP contribution in [0.3, 0.4) is 0 Å². The lowest BCUT2D eigenvalue weighted by molar-refractivity contribution is -0.114. The molecule has 40 heavy (non-hydrogen) atoms. The summed E-state index contributed by atoms with van der Waals surface area (Å²) in [5, 5.41) is 3.69. The lowest BCUT2D eigenvalue weighted by atomic mass is 10.2. The third-order valence-corrected chi connectivity index (χ3v) is 6.79. The summed E-state index contributed by atoms with van der Waals surface area (Å²) in [6.45, 7) is 3.28. The van der Waals surface area contributed by atoms with E-state index >= 15 is 4.39 Å². The molecule has 5 rings (SSSR count). The van der Waals surface area contributed by atoms with E-state index in [1.165, 1.54) is 12.1 Å². The van der Waals surface area contributed by atoms with Crippen LogP contribution in [0.15, 0.2) is 60.8 Å². The van der Waals surface area contributed by atoms with Crippen molar-refractivity contribution in [2.75, 3.05) is 49.7 Å². The lowest BCUT2D eigenvalue weighted by Crippen LogP contribution is -2.44. The van der Waals surface area contributed by atoms with Gasteiger partial charge in [-0.1, -0.05) is 12.1 Å². The van der Waals surface area contributed by atoms with Crippen LogP contribution in [0.1, 0.15) is 5.56 Å². The van der Waals surface area contributed by atoms with Crippen LogP contribution in [0.25, 0.3) is 17.1 Å². The van der Waals surface area contributed by atoms with Crippen molar-refractivity contribution in [2.24, 2.45) is 0 Å². The third kappa shape index (κ3) is 6.74. The van der Waals surface area contributed by atoms with Crippen molar-refractivity contribution >= 4 is 50.4 Å². The van der Waals surface area contributed by atoms with Crippen LogP contribution in [0.4, 0.5) is 21.7 Å². The van der Waals surface area contributed by atoms with E-state index in [1.807, 2.05) is 9.62 Å². The lowest BCUT2D eigenvalue weighted by Gasteiger charge is -2.34. The van der Waals surface area contributed by atoms with Gasteiger partial charge in [-0.15, -0.1) is 0 Å². The van der Waals surface area contributed by atoms with Gasteiger partial charge in [-0.25, -0.2) is 17.5 Å². The SMILES string of the molecule is CN1CCN(c2ccc(Nc3nc(Oc4cccc(C=CC(=O)NS(C)(=O)=O)c4)c4cc[nH]c4n3)cc2F)CC1. The molecule has 0 aliphatic carbocycles. The zero-order chi connectivity index (χ0) is 28.3. The highest BCUT2D eigenvalue weighted by molar-refractivity contribution is 7.89. The summed E-state index contributed by atoms with van der Waals surface area (Å²) in [7, 11) is -1.60. The van der Waals surface area contributed by atoms with Crippen LogP contribution in [-0.2, 0) is 14.8 Å². The fourth-order valence-electron chi connectivity index (χ4n) is 4.25. The maximum absolute atomic E-state index is 15.0. The molecular weight excluding hydrogens is 537 g/mol. The zero-order valence-electron chi connectivity index (χ0n) is 21.9. The van der Waals surface area contributed by atoms with E-state index in [4.69, 9.17) is 4.74 Å². The fourth-order valence-corrected chi connectivity index (χ4v) is 4.68. The van der Waals surface area contributed by atoms with Crippen LogP contribution in [-0.4, -0.2) is 73.7 Å². The van der Waals surface area contributed by atoms with Gasteiger partial charge in [-0.2, -0.15) is 9.97 Å². The Morgan fingerprint density at radius 3 is 2.65 bits per heavy atom. The number of anilines is 3. The molecule has 2 aromatic carbocycles. The molecule has 2 aromatic heterocycles. The largest absolute Gasteiger partial charge is 0.438 e. The molecule has 1 saturated heterocycles. The summed E-state index contributed by atoms with van der Waals surface area (Å²) < 4.78 is 45.4. The first-order valence-corrected chi connectivity index (χ1v) is 14.3. The number of aromatic nitrogens is 3. The van der Waals surface area contributed by atoms with E-state index in [2.05, 4.69) is 32.2 Å². The number of carbonyl (C=O) groups excluding carboxylic acids is 1. The number of amides is 1. The normalized spacial score (nSPS) is 14.5. The van der Waals surface area contributed by atoms with E-state index in [0.29, 0.717) is 33.7 Å². The maximum atomic E-state index is 15.0. The number of aromatic amines is 1. The number of rotatable bonds is 8. The van der Waals surface area contributed by atoms with Crippen molar-refractivity contribution in [2.45, 2.75) is 0 Å². The Labute approximate surface area is 230 Å². The third-order valence-electron chi connectivity index (χ3n) is 6.21. The zero-order valence-corrected chi connectivity index (χ0v) is 22.7. The van der Waals surface area contributed by atoms with E-state index in [1.54, 1.807) is 48.7 Å². The van der Waals surface area contributed by atoms with E-state index in [0.717, 1.165) is 38.5 Å². The van der Waals surface area contributed by atoms with Crippen molar-refractivity contribution in [3.05, 3.63) is 72.2 Å². The van der Waals surface area contributed by atoms with Crippen molar-refractivity contribution in [3.63, 3.8) is 0 Å². The second-order valence-corrected chi connectivity index (χ2v) is 11.2. The van der Waals surface area contributed by atoms with Gasteiger partial charge in [-0.05, 0) is 55.1 Å². The highest BCUT2D eigenvalue weighted by Gasteiger charge is 2.18. The molecule has 208 valence electrons. The molecule has 11 nitrogen and oxygen atoms in total. The minimum atomic E-state index is -3.65. The van der Waals surface area contributed by atoms with Gasteiger partial charge in [0.05, 0.1) is 17.3 Å². The number of hydrogen-bond acceptors (Lipinski definition) is 9. The molecule has 0 unspecified atom stereocenters. The molecule has 3 heterocycles. The van der Waals surface area contributed by atoms with Gasteiger partial charge in [0.25, 0.3) is 5.91 Å². The van der Waals surface area contributed by atoms with Crippen molar-refractivity contribution in [1.82, 2.24) is 24.6 Å². The predicted octanol–water partition coefficient (Wildman–Crippen LogP) is 3.47. The van der Waals surface area contributed by atoms with Gasteiger partial charge in [0.15, 0.2) is 0 Å². The second kappa shape index (κ2) is 11.3. The number of hydrogen-bond donors (Lipinski definition) is 3. The van der Waals surface area contributed by atoms with Gasteiger partial charge in [-0.3, -0.25) is 4.79 Å². The van der Waals surface area contributed by atoms with Crippen molar-refractivity contribution in [3.8, 4) is 11.6 Å². The Morgan fingerprint density at radius 1 is 1.10 bits per heavy atom. The number of nitrogens with zero attached hydrogens (tertiary/aromatic N) is 4. The molecule has 4 aromatic rings.